The first kappa shape index (κ1) is 7.80. The molecule has 2 heteroatoms. The third kappa shape index (κ3) is 0.940. The van der Waals surface area contributed by atoms with Crippen molar-refractivity contribution in [1.82, 2.24) is 4.98 Å². The van der Waals surface area contributed by atoms with Gasteiger partial charge in [0.1, 0.15) is 0 Å². The van der Waals surface area contributed by atoms with Gasteiger partial charge in [-0.25, -0.2) is 0 Å². The summed E-state index contributed by atoms with van der Waals surface area (Å²) < 4.78 is 0. The molecule has 0 saturated carbocycles. The molecule has 0 unspecified atom stereocenters. The highest BCUT2D eigenvalue weighted by Crippen LogP contribution is 2.21. The average molecular weight is 178 g/mol. The van der Waals surface area contributed by atoms with Gasteiger partial charge in [0, 0.05) is 11.9 Å². The van der Waals surface area contributed by atoms with Gasteiger partial charge in [0.2, 0.25) is 0 Å². The minimum absolute atomic E-state index is 1.11. The van der Waals surface area contributed by atoms with E-state index in [4.69, 9.17) is 0 Å². The smallest absolute Gasteiger partial charge is 0.193 e. The summed E-state index contributed by atoms with van der Waals surface area (Å²) in [5.41, 5.74) is 6.32. The zero-order valence-corrected chi connectivity index (χ0v) is 7.99. The van der Waals surface area contributed by atoms with E-state index in [1.807, 2.05) is 6.20 Å². The Morgan fingerprint density at radius 1 is 1.07 bits per heavy atom. The van der Waals surface area contributed by atoms with Gasteiger partial charge in [-0.3, -0.25) is 4.98 Å². The van der Waals surface area contributed by atoms with Crippen LogP contribution in [0.4, 0.5) is 0 Å². The zero-order chi connectivity index (χ0) is 9.54. The van der Waals surface area contributed by atoms with E-state index in [0.717, 1.165) is 5.69 Å². The molecule has 0 bridgehead atoms. The van der Waals surface area contributed by atoms with Gasteiger partial charge in [-0.2, -0.15) is 0 Å². The Labute approximate surface area is 84.1 Å². The van der Waals surface area contributed by atoms with Crippen molar-refractivity contribution >= 4 is 18.2 Å². The van der Waals surface area contributed by atoms with Crippen LogP contribution in [-0.4, -0.2) is 12.3 Å². The van der Waals surface area contributed by atoms with E-state index >= 15 is 0 Å². The van der Waals surface area contributed by atoms with Gasteiger partial charge in [0.05, 0.1) is 0 Å². The highest BCUT2D eigenvalue weighted by atomic mass is 14.7. The number of rotatable bonds is 0. The van der Waals surface area contributed by atoms with Crippen molar-refractivity contribution < 1.29 is 0 Å². The normalized spacial score (nSPS) is 11.8. The molecule has 2 heterocycles. The van der Waals surface area contributed by atoms with Crippen molar-refractivity contribution in [2.24, 2.45) is 0 Å². The van der Waals surface area contributed by atoms with Crippen molar-refractivity contribution in [3.8, 4) is 11.1 Å². The predicted molar refractivity (Wildman–Crippen MR) is 59.4 cm³/mol. The lowest BCUT2D eigenvalue weighted by molar-refractivity contribution is 1.22. The Morgan fingerprint density at radius 3 is 2.86 bits per heavy atom. The Morgan fingerprint density at radius 2 is 1.93 bits per heavy atom. The minimum Gasteiger partial charge on any atom is -0.261 e. The van der Waals surface area contributed by atoms with E-state index < -0.39 is 0 Å². The van der Waals surface area contributed by atoms with Gasteiger partial charge in [-0.15, -0.1) is 0 Å². The van der Waals surface area contributed by atoms with Crippen LogP contribution in [-0.2, 0) is 0 Å². The molecular weight excluding hydrogens is 169 g/mol. The lowest BCUT2D eigenvalue weighted by Crippen LogP contribution is -2.20. The molecule has 1 radical (unpaired) electrons. The quantitative estimate of drug-likeness (QED) is 0.468. The molecule has 3 rings (SSSR count). The molecule has 0 fully saturated rings. The molecule has 2 aromatic rings. The highest BCUT2D eigenvalue weighted by molar-refractivity contribution is 6.73. The molecule has 0 N–H and O–H groups in total. The summed E-state index contributed by atoms with van der Waals surface area (Å²) in [6.45, 7) is 2.06. The number of aryl methyl sites for hydroxylation is 1. The second-order valence-electron chi connectivity index (χ2n) is 3.59. The molecular formula is C12H9BN. The summed E-state index contributed by atoms with van der Waals surface area (Å²) in [7, 11) is 2.22. The molecule has 1 aromatic carbocycles. The van der Waals surface area contributed by atoms with Crippen molar-refractivity contribution in [1.29, 1.82) is 0 Å². The second kappa shape index (κ2) is 2.71. The predicted octanol–water partition coefficient (Wildman–Crippen LogP) is 1.03. The fourth-order valence-electron chi connectivity index (χ4n) is 2.07. The first-order valence-electron chi connectivity index (χ1n) is 4.76. The molecule has 0 saturated heterocycles. The molecule has 65 valence electrons. The van der Waals surface area contributed by atoms with E-state index in [9.17, 15) is 0 Å². The Hall–Kier alpha value is -1.57. The number of hydrogen-bond acceptors (Lipinski definition) is 1. The van der Waals surface area contributed by atoms with E-state index in [2.05, 4.69) is 49.5 Å². The van der Waals surface area contributed by atoms with E-state index in [0.29, 0.717) is 0 Å². The number of aromatic nitrogens is 1. The lowest BCUT2D eigenvalue weighted by Gasteiger charge is -2.03. The van der Waals surface area contributed by atoms with Gasteiger partial charge >= 0.3 is 0 Å². The number of hydrogen-bond donors (Lipinski definition) is 0. The van der Waals surface area contributed by atoms with Gasteiger partial charge in [0.15, 0.2) is 7.28 Å². The maximum atomic E-state index is 4.33. The third-order valence-corrected chi connectivity index (χ3v) is 2.71. The van der Waals surface area contributed by atoms with Crippen LogP contribution in [0, 0.1) is 6.92 Å². The Bertz CT molecular complexity index is 505. The average Bonchev–Trinajstić information content (AvgIpc) is 2.57. The van der Waals surface area contributed by atoms with E-state index in [1.165, 1.54) is 22.1 Å². The second-order valence-corrected chi connectivity index (χ2v) is 3.59. The fourth-order valence-corrected chi connectivity index (χ4v) is 2.07. The van der Waals surface area contributed by atoms with Crippen molar-refractivity contribution in [2.45, 2.75) is 6.92 Å². The summed E-state index contributed by atoms with van der Waals surface area (Å²) in [6.07, 6.45) is 1.87. The third-order valence-electron chi connectivity index (χ3n) is 2.71. The molecule has 1 aromatic heterocycles. The van der Waals surface area contributed by atoms with Crippen LogP contribution < -0.4 is 10.9 Å². The first-order valence-corrected chi connectivity index (χ1v) is 4.76. The molecule has 0 aliphatic carbocycles. The lowest BCUT2D eigenvalue weighted by atomic mass is 9.68. The van der Waals surface area contributed by atoms with Crippen LogP contribution in [0.1, 0.15) is 5.69 Å². The van der Waals surface area contributed by atoms with Crippen LogP contribution in [0.3, 0.4) is 0 Å². The first-order chi connectivity index (χ1) is 6.86. The Kier molecular flexibility index (Phi) is 1.51. The van der Waals surface area contributed by atoms with Crippen LogP contribution in [0.15, 0.2) is 36.5 Å². The highest BCUT2D eigenvalue weighted by Gasteiger charge is 2.20. The van der Waals surface area contributed by atoms with Crippen LogP contribution in [0.2, 0.25) is 0 Å². The summed E-state index contributed by atoms with van der Waals surface area (Å²) >= 11 is 0. The molecule has 1 nitrogen and oxygen atoms in total. The summed E-state index contributed by atoms with van der Waals surface area (Å²) in [4.78, 5) is 4.33. The molecule has 1 aliphatic heterocycles. The van der Waals surface area contributed by atoms with Crippen molar-refractivity contribution in [2.75, 3.05) is 0 Å². The number of fused-ring (bicyclic) bond motifs is 3. The number of benzene rings is 1. The van der Waals surface area contributed by atoms with Crippen LogP contribution >= 0.6 is 0 Å². The minimum atomic E-state index is 1.11. The monoisotopic (exact) mass is 178 g/mol. The Balaban J connectivity index is 2.35. The molecule has 0 spiro atoms. The van der Waals surface area contributed by atoms with E-state index in [-0.39, 0.29) is 0 Å². The van der Waals surface area contributed by atoms with Crippen molar-refractivity contribution in [3.63, 3.8) is 0 Å². The molecule has 1 aliphatic rings. The zero-order valence-electron chi connectivity index (χ0n) is 7.99. The van der Waals surface area contributed by atoms with Crippen molar-refractivity contribution in [3.05, 3.63) is 42.2 Å². The maximum Gasteiger partial charge on any atom is 0.193 e. The number of nitrogens with zero attached hydrogens (tertiary/aromatic N) is 1. The van der Waals surface area contributed by atoms with Gasteiger partial charge in [0.25, 0.3) is 0 Å². The van der Waals surface area contributed by atoms with Gasteiger partial charge in [-0.05, 0) is 24.1 Å². The summed E-state index contributed by atoms with van der Waals surface area (Å²) in [5, 5.41) is 0. The maximum absolute atomic E-state index is 4.33. The topological polar surface area (TPSA) is 12.9 Å². The molecule has 14 heavy (non-hydrogen) atoms. The summed E-state index contributed by atoms with van der Waals surface area (Å²) in [5.74, 6) is 0. The number of pyridine rings is 1. The largest absolute Gasteiger partial charge is 0.261 e. The van der Waals surface area contributed by atoms with Gasteiger partial charge in [-0.1, -0.05) is 35.2 Å². The van der Waals surface area contributed by atoms with E-state index in [1.54, 1.807) is 0 Å². The van der Waals surface area contributed by atoms with Crippen LogP contribution in [0.5, 0.6) is 0 Å². The SMILES string of the molecule is Cc1nccc2c1-c1ccccc1[B]2. The summed E-state index contributed by atoms with van der Waals surface area (Å²) in [6, 6.07) is 10.5. The molecule has 0 amide bonds. The van der Waals surface area contributed by atoms with Gasteiger partial charge < -0.3 is 0 Å². The van der Waals surface area contributed by atoms with Crippen LogP contribution in [0.25, 0.3) is 11.1 Å². The molecule has 0 atom stereocenters. The fraction of sp³-hybridized carbons (Fsp3) is 0.0833. The standard InChI is InChI=1S/C12H9BN/c1-8-12-9-4-2-3-5-10(9)13-11(12)6-7-14-8/h2-7H,1H3.